The maximum atomic E-state index is 12.4. The largest absolute Gasteiger partial charge is 0.338 e. The van der Waals surface area contributed by atoms with Crippen LogP contribution >= 0.6 is 11.6 Å². The van der Waals surface area contributed by atoms with Gasteiger partial charge >= 0.3 is 0 Å². The van der Waals surface area contributed by atoms with E-state index in [1.807, 2.05) is 0 Å². The van der Waals surface area contributed by atoms with E-state index in [-0.39, 0.29) is 9.92 Å². The Morgan fingerprint density at radius 3 is 2.53 bits per heavy atom. The van der Waals surface area contributed by atoms with Crippen LogP contribution in [-0.2, 0) is 22.9 Å². The summed E-state index contributed by atoms with van der Waals surface area (Å²) in [6.07, 6.45) is 8.74. The zero-order valence-corrected chi connectivity index (χ0v) is 21.9. The summed E-state index contributed by atoms with van der Waals surface area (Å²) in [4.78, 5) is 11.6. The van der Waals surface area contributed by atoms with Crippen molar-refractivity contribution >= 4 is 44.8 Å². The Labute approximate surface area is 217 Å². The molecular weight excluding hydrogens is 496 g/mol. The monoisotopic (exact) mass is 526 g/mol. The van der Waals surface area contributed by atoms with Gasteiger partial charge in [0.05, 0.1) is 11.9 Å². The number of anilines is 4. The lowest BCUT2D eigenvalue weighted by Crippen LogP contribution is -2.32. The molecule has 2 heterocycles. The molecule has 0 unspecified atom stereocenters. The van der Waals surface area contributed by atoms with Crippen LogP contribution < -0.4 is 15.4 Å². The first kappa shape index (κ1) is 25.0. The van der Waals surface area contributed by atoms with E-state index in [2.05, 4.69) is 48.4 Å². The number of rotatable bonds is 7. The predicted octanol–water partition coefficient (Wildman–Crippen LogP) is 4.87. The second kappa shape index (κ2) is 10.7. The zero-order valence-electron chi connectivity index (χ0n) is 20.3. The molecule has 0 spiro atoms. The molecule has 10 heteroatoms. The third-order valence-electron chi connectivity index (χ3n) is 7.06. The lowest BCUT2D eigenvalue weighted by atomic mass is 10.0. The van der Waals surface area contributed by atoms with Crippen molar-refractivity contribution in [2.45, 2.75) is 49.5 Å². The molecule has 0 bridgehead atoms. The van der Waals surface area contributed by atoms with Crippen LogP contribution in [-0.4, -0.2) is 49.5 Å². The third kappa shape index (κ3) is 5.49. The van der Waals surface area contributed by atoms with E-state index < -0.39 is 10.0 Å². The van der Waals surface area contributed by atoms with Crippen molar-refractivity contribution in [3.8, 4) is 0 Å². The van der Waals surface area contributed by atoms with Crippen molar-refractivity contribution in [3.63, 3.8) is 0 Å². The van der Waals surface area contributed by atoms with Gasteiger partial charge in [-0.05, 0) is 94.1 Å². The number of halogens is 1. The Morgan fingerprint density at radius 2 is 1.75 bits per heavy atom. The molecule has 0 amide bonds. The first-order chi connectivity index (χ1) is 17.4. The van der Waals surface area contributed by atoms with E-state index in [0.29, 0.717) is 23.5 Å². The maximum absolute atomic E-state index is 12.4. The quantitative estimate of drug-likeness (QED) is 0.378. The average molecular weight is 527 g/mol. The SMILES string of the molecule is CNS(=O)(=O)c1ccccc1Nc1nc(Nc2ccc3c(c2)CC[C@@H](N2CCCC2)CC3)ncc1Cl. The molecular formula is C26H31ClN6O2S. The number of aryl methyl sites for hydroxylation is 2. The number of nitrogens with one attached hydrogen (secondary N) is 3. The summed E-state index contributed by atoms with van der Waals surface area (Å²) in [6.45, 7) is 2.48. The van der Waals surface area contributed by atoms with Gasteiger partial charge < -0.3 is 15.5 Å². The molecule has 5 rings (SSSR count). The second-order valence-electron chi connectivity index (χ2n) is 9.30. The van der Waals surface area contributed by atoms with Crippen molar-refractivity contribution in [2.24, 2.45) is 0 Å². The van der Waals surface area contributed by atoms with Crippen LogP contribution in [0.15, 0.2) is 53.6 Å². The molecule has 1 fully saturated rings. The minimum atomic E-state index is -3.66. The fourth-order valence-corrected chi connectivity index (χ4v) is 6.15. The van der Waals surface area contributed by atoms with E-state index >= 15 is 0 Å². The molecule has 0 radical (unpaired) electrons. The first-order valence-electron chi connectivity index (χ1n) is 12.4. The van der Waals surface area contributed by atoms with Gasteiger partial charge in [-0.1, -0.05) is 29.8 Å². The summed E-state index contributed by atoms with van der Waals surface area (Å²) in [5.41, 5.74) is 4.08. The van der Waals surface area contributed by atoms with Crippen LogP contribution in [0.3, 0.4) is 0 Å². The number of benzene rings is 2. The Hall–Kier alpha value is -2.72. The highest BCUT2D eigenvalue weighted by molar-refractivity contribution is 7.89. The molecule has 1 aromatic heterocycles. The van der Waals surface area contributed by atoms with Crippen molar-refractivity contribution in [1.82, 2.24) is 19.6 Å². The van der Waals surface area contributed by atoms with E-state index in [4.69, 9.17) is 11.6 Å². The fourth-order valence-electron chi connectivity index (χ4n) is 5.13. The van der Waals surface area contributed by atoms with E-state index in [1.54, 1.807) is 18.2 Å². The highest BCUT2D eigenvalue weighted by Crippen LogP contribution is 2.31. The van der Waals surface area contributed by atoms with E-state index in [9.17, 15) is 8.42 Å². The lowest BCUT2D eigenvalue weighted by Gasteiger charge is -2.25. The van der Waals surface area contributed by atoms with Crippen LogP contribution in [0.1, 0.15) is 36.8 Å². The van der Waals surface area contributed by atoms with Gasteiger partial charge in [-0.25, -0.2) is 18.1 Å². The van der Waals surface area contributed by atoms with Crippen LogP contribution in [0.5, 0.6) is 0 Å². The molecule has 36 heavy (non-hydrogen) atoms. The van der Waals surface area contributed by atoms with Gasteiger partial charge in [0.15, 0.2) is 5.82 Å². The molecule has 190 valence electrons. The maximum Gasteiger partial charge on any atom is 0.242 e. The van der Waals surface area contributed by atoms with Crippen molar-refractivity contribution in [2.75, 3.05) is 30.8 Å². The fraction of sp³-hybridized carbons (Fsp3) is 0.385. The number of sulfonamides is 1. The average Bonchev–Trinajstić information content (AvgIpc) is 3.34. The molecule has 1 atom stereocenters. The molecule has 3 N–H and O–H groups in total. The molecule has 1 aliphatic carbocycles. The highest BCUT2D eigenvalue weighted by atomic mass is 35.5. The summed E-state index contributed by atoms with van der Waals surface area (Å²) < 4.78 is 27.2. The van der Waals surface area contributed by atoms with Crippen molar-refractivity contribution in [1.29, 1.82) is 0 Å². The lowest BCUT2D eigenvalue weighted by molar-refractivity contribution is 0.222. The molecule has 2 aliphatic rings. The third-order valence-corrected chi connectivity index (χ3v) is 8.80. The number of aromatic nitrogens is 2. The van der Waals surface area contributed by atoms with Crippen LogP contribution in [0.4, 0.5) is 23.1 Å². The number of nitrogens with zero attached hydrogens (tertiary/aromatic N) is 3. The summed E-state index contributed by atoms with van der Waals surface area (Å²) in [5.74, 6) is 0.690. The molecule has 1 saturated heterocycles. The van der Waals surface area contributed by atoms with Crippen molar-refractivity contribution < 1.29 is 8.42 Å². The molecule has 2 aromatic carbocycles. The Bertz CT molecular complexity index is 1340. The molecule has 8 nitrogen and oxygen atoms in total. The number of hydrogen-bond acceptors (Lipinski definition) is 7. The molecule has 0 saturated carbocycles. The predicted molar refractivity (Wildman–Crippen MR) is 144 cm³/mol. The topological polar surface area (TPSA) is 99.2 Å². The smallest absolute Gasteiger partial charge is 0.242 e. The number of hydrogen-bond donors (Lipinski definition) is 3. The summed E-state index contributed by atoms with van der Waals surface area (Å²) in [6, 6.07) is 13.7. The normalized spacial score (nSPS) is 18.4. The first-order valence-corrected chi connectivity index (χ1v) is 14.2. The van der Waals surface area contributed by atoms with Crippen molar-refractivity contribution in [3.05, 3.63) is 64.8 Å². The Morgan fingerprint density at radius 1 is 1.00 bits per heavy atom. The summed E-state index contributed by atoms with van der Waals surface area (Å²) in [5, 5.41) is 6.62. The van der Waals surface area contributed by atoms with Gasteiger partial charge in [-0.3, -0.25) is 0 Å². The van der Waals surface area contributed by atoms with Gasteiger partial charge in [0, 0.05) is 11.7 Å². The van der Waals surface area contributed by atoms with Gasteiger partial charge in [0.2, 0.25) is 16.0 Å². The van der Waals surface area contributed by atoms with Gasteiger partial charge in [0.25, 0.3) is 0 Å². The minimum absolute atomic E-state index is 0.106. The number of fused-ring (bicyclic) bond motifs is 1. The number of likely N-dealkylation sites (tertiary alicyclic amines) is 1. The van der Waals surface area contributed by atoms with Gasteiger partial charge in [-0.2, -0.15) is 4.98 Å². The summed E-state index contributed by atoms with van der Waals surface area (Å²) in [7, 11) is -2.29. The Kier molecular flexibility index (Phi) is 7.43. The second-order valence-corrected chi connectivity index (χ2v) is 11.6. The van der Waals surface area contributed by atoms with E-state index in [0.717, 1.165) is 18.5 Å². The molecule has 1 aliphatic heterocycles. The zero-order chi connectivity index (χ0) is 25.1. The van der Waals surface area contributed by atoms with Crippen LogP contribution in [0.2, 0.25) is 5.02 Å². The van der Waals surface area contributed by atoms with Gasteiger partial charge in [0.1, 0.15) is 9.92 Å². The standard InChI is InChI=1S/C26H31ClN6O2S/c1-28-36(34,35)24-7-3-2-6-23(24)31-25-22(27)17-29-26(32-25)30-20-11-8-18-9-12-21(13-10-19(18)16-20)33-14-4-5-15-33/h2-3,6-8,11,16-17,21,28H,4-5,9-10,12-15H2,1H3,(H2,29,30,31,32)/t21-/m0/s1. The highest BCUT2D eigenvalue weighted by Gasteiger charge is 2.24. The minimum Gasteiger partial charge on any atom is -0.338 e. The Balaban J connectivity index is 1.33. The van der Waals surface area contributed by atoms with E-state index in [1.165, 1.54) is 69.2 Å². The van der Waals surface area contributed by atoms with Crippen LogP contribution in [0.25, 0.3) is 0 Å². The summed E-state index contributed by atoms with van der Waals surface area (Å²) >= 11 is 6.35. The number of para-hydroxylation sites is 1. The molecule has 3 aromatic rings. The van der Waals surface area contributed by atoms with Crippen LogP contribution in [0, 0.1) is 0 Å². The van der Waals surface area contributed by atoms with Gasteiger partial charge in [-0.15, -0.1) is 0 Å².